The molecule has 12 heteroatoms. The lowest BCUT2D eigenvalue weighted by molar-refractivity contribution is -0.112. The van der Waals surface area contributed by atoms with Crippen LogP contribution >= 0.6 is 0 Å². The van der Waals surface area contributed by atoms with E-state index in [1.165, 1.54) is 15.4 Å². The summed E-state index contributed by atoms with van der Waals surface area (Å²) in [6, 6.07) is 1.65. The van der Waals surface area contributed by atoms with Crippen LogP contribution in [0.5, 0.6) is 0 Å². The van der Waals surface area contributed by atoms with Crippen molar-refractivity contribution >= 4 is 23.7 Å². The second-order valence-corrected chi connectivity index (χ2v) is 9.18. The normalized spacial score (nSPS) is 23.2. The van der Waals surface area contributed by atoms with Gasteiger partial charge in [0, 0.05) is 31.4 Å². The number of hydrogen-bond acceptors (Lipinski definition) is 7. The highest BCUT2D eigenvalue weighted by molar-refractivity contribution is 6.05. The van der Waals surface area contributed by atoms with Crippen LogP contribution < -0.4 is 10.6 Å². The molecule has 2 aliphatic rings. The molecule has 186 valence electrons. The predicted octanol–water partition coefficient (Wildman–Crippen LogP) is 2.78. The third-order valence-corrected chi connectivity index (χ3v) is 6.81. The summed E-state index contributed by atoms with van der Waals surface area (Å²) in [6.45, 7) is 3.78. The van der Waals surface area contributed by atoms with Gasteiger partial charge >= 0.3 is 0 Å². The van der Waals surface area contributed by atoms with Gasteiger partial charge in [-0.3, -0.25) is 9.48 Å². The summed E-state index contributed by atoms with van der Waals surface area (Å²) < 4.78 is 36.5. The fourth-order valence-corrected chi connectivity index (χ4v) is 4.98. The van der Waals surface area contributed by atoms with Gasteiger partial charge in [0.1, 0.15) is 29.1 Å². The summed E-state index contributed by atoms with van der Waals surface area (Å²) in [5.41, 5.74) is 5.50. The number of morpholine rings is 1. The molecule has 0 aromatic carbocycles. The highest BCUT2D eigenvalue weighted by Crippen LogP contribution is 2.37. The predicted molar refractivity (Wildman–Crippen MR) is 122 cm³/mol. The first-order valence-corrected chi connectivity index (χ1v) is 11.7. The highest BCUT2D eigenvalue weighted by atomic mass is 19.3. The Bertz CT molecular complexity index is 1250. The number of carbonyl (C=O) groups is 2. The van der Waals surface area contributed by atoms with Gasteiger partial charge < -0.3 is 20.2 Å². The Morgan fingerprint density at radius 2 is 2.03 bits per heavy atom. The minimum absolute atomic E-state index is 0.00881. The molecule has 4 heterocycles. The SMILES string of the molecule is C[C@H]1CN(c2ccn3nc(-c4cn(C5CCC(C=O)CC5)nc4C(F)F)c(C(N)=O)c3n2)CCO1. The zero-order chi connectivity index (χ0) is 24.7. The number of aromatic nitrogens is 5. The summed E-state index contributed by atoms with van der Waals surface area (Å²) in [7, 11) is 0. The van der Waals surface area contributed by atoms with Crippen molar-refractivity contribution in [2.75, 3.05) is 24.6 Å². The molecule has 3 aromatic rings. The van der Waals surface area contributed by atoms with E-state index in [0.29, 0.717) is 51.2 Å². The van der Waals surface area contributed by atoms with E-state index in [1.54, 1.807) is 12.3 Å². The number of amides is 1. The van der Waals surface area contributed by atoms with E-state index in [9.17, 15) is 18.4 Å². The summed E-state index contributed by atoms with van der Waals surface area (Å²) in [4.78, 5) is 30.2. The fourth-order valence-electron chi connectivity index (χ4n) is 4.98. The summed E-state index contributed by atoms with van der Waals surface area (Å²) >= 11 is 0. The lowest BCUT2D eigenvalue weighted by Gasteiger charge is -2.31. The number of alkyl halides is 2. The first kappa shape index (κ1) is 23.3. The number of primary amides is 1. The van der Waals surface area contributed by atoms with Gasteiger partial charge in [0.15, 0.2) is 5.65 Å². The molecule has 10 nitrogen and oxygen atoms in total. The maximum atomic E-state index is 14.0. The molecule has 3 aromatic heterocycles. The zero-order valence-corrected chi connectivity index (χ0v) is 19.3. The smallest absolute Gasteiger partial charge is 0.282 e. The molecular weight excluding hydrogens is 460 g/mol. The minimum Gasteiger partial charge on any atom is -0.375 e. The Kier molecular flexibility index (Phi) is 6.22. The molecular formula is C23H27F2N7O3. The molecule has 1 aliphatic heterocycles. The van der Waals surface area contributed by atoms with Crippen LogP contribution in [-0.2, 0) is 9.53 Å². The maximum Gasteiger partial charge on any atom is 0.282 e. The molecule has 2 N–H and O–H groups in total. The molecule has 1 saturated carbocycles. The zero-order valence-electron chi connectivity index (χ0n) is 19.3. The molecule has 1 saturated heterocycles. The average molecular weight is 488 g/mol. The molecule has 1 amide bonds. The van der Waals surface area contributed by atoms with Crippen LogP contribution in [0.2, 0.25) is 0 Å². The topological polar surface area (TPSA) is 121 Å². The van der Waals surface area contributed by atoms with E-state index in [-0.39, 0.29) is 40.5 Å². The monoisotopic (exact) mass is 487 g/mol. The van der Waals surface area contributed by atoms with Gasteiger partial charge in [0.2, 0.25) is 0 Å². The van der Waals surface area contributed by atoms with Gasteiger partial charge in [-0.05, 0) is 38.7 Å². The third kappa shape index (κ3) is 4.38. The maximum absolute atomic E-state index is 14.0. The van der Waals surface area contributed by atoms with Gasteiger partial charge in [0.25, 0.3) is 12.3 Å². The van der Waals surface area contributed by atoms with Crippen molar-refractivity contribution in [2.45, 2.75) is 51.2 Å². The van der Waals surface area contributed by atoms with Crippen LogP contribution in [-0.4, -0.2) is 62.4 Å². The molecule has 0 radical (unpaired) electrons. The van der Waals surface area contributed by atoms with Crippen molar-refractivity contribution in [3.63, 3.8) is 0 Å². The number of anilines is 1. The summed E-state index contributed by atoms with van der Waals surface area (Å²) in [6.07, 6.45) is 3.92. The number of ether oxygens (including phenoxy) is 1. The largest absolute Gasteiger partial charge is 0.375 e. The van der Waals surface area contributed by atoms with Crippen molar-refractivity contribution in [1.29, 1.82) is 0 Å². The molecule has 35 heavy (non-hydrogen) atoms. The Hall–Kier alpha value is -3.41. The number of fused-ring (bicyclic) bond motifs is 1. The minimum atomic E-state index is -2.87. The molecule has 1 aliphatic carbocycles. The highest BCUT2D eigenvalue weighted by Gasteiger charge is 2.31. The number of nitrogens with zero attached hydrogens (tertiary/aromatic N) is 6. The van der Waals surface area contributed by atoms with E-state index in [1.807, 2.05) is 11.8 Å². The second kappa shape index (κ2) is 9.33. The Balaban J connectivity index is 1.57. The molecule has 5 rings (SSSR count). The van der Waals surface area contributed by atoms with E-state index in [0.717, 1.165) is 6.29 Å². The number of carbonyl (C=O) groups excluding carboxylic acids is 2. The quantitative estimate of drug-likeness (QED) is 0.531. The van der Waals surface area contributed by atoms with E-state index in [2.05, 4.69) is 15.2 Å². The number of rotatable bonds is 6. The number of hydrogen-bond donors (Lipinski definition) is 1. The van der Waals surface area contributed by atoms with Gasteiger partial charge in [-0.15, -0.1) is 0 Å². The Labute approximate surface area is 200 Å². The standard InChI is InChI=1S/C23H27F2N7O3/c1-13-10-30(8-9-35-13)17-6-7-31-23(27-17)18(22(26)34)19(28-31)16-11-32(29-20(16)21(24)25)15-4-2-14(12-33)3-5-15/h6-7,11-15,21H,2-5,8-10H2,1H3,(H2,26,34)/t13-,14?,15?/m0/s1. The van der Waals surface area contributed by atoms with Gasteiger partial charge in [-0.1, -0.05) is 0 Å². The molecule has 0 bridgehead atoms. The first-order chi connectivity index (χ1) is 16.9. The van der Waals surface area contributed by atoms with Crippen molar-refractivity contribution in [1.82, 2.24) is 24.4 Å². The van der Waals surface area contributed by atoms with Gasteiger partial charge in [-0.25, -0.2) is 18.3 Å². The van der Waals surface area contributed by atoms with E-state index < -0.39 is 18.0 Å². The first-order valence-electron chi connectivity index (χ1n) is 11.7. The van der Waals surface area contributed by atoms with Crippen LogP contribution in [0.25, 0.3) is 16.9 Å². The molecule has 0 spiro atoms. The third-order valence-electron chi connectivity index (χ3n) is 6.81. The Morgan fingerprint density at radius 1 is 1.26 bits per heavy atom. The lowest BCUT2D eigenvalue weighted by Crippen LogP contribution is -2.41. The van der Waals surface area contributed by atoms with Crippen LogP contribution in [0, 0.1) is 5.92 Å². The van der Waals surface area contributed by atoms with E-state index >= 15 is 0 Å². The average Bonchev–Trinajstić information content (AvgIpc) is 3.46. The van der Waals surface area contributed by atoms with Crippen molar-refractivity contribution in [3.8, 4) is 11.3 Å². The lowest BCUT2D eigenvalue weighted by atomic mass is 9.87. The van der Waals surface area contributed by atoms with Crippen LogP contribution in [0.3, 0.4) is 0 Å². The van der Waals surface area contributed by atoms with Crippen LogP contribution in [0.1, 0.15) is 61.1 Å². The fraction of sp³-hybridized carbons (Fsp3) is 0.522. The van der Waals surface area contributed by atoms with Gasteiger partial charge in [-0.2, -0.15) is 10.2 Å². The van der Waals surface area contributed by atoms with Crippen LogP contribution in [0.15, 0.2) is 18.5 Å². The van der Waals surface area contributed by atoms with E-state index in [4.69, 9.17) is 10.5 Å². The van der Waals surface area contributed by atoms with Crippen molar-refractivity contribution in [2.24, 2.45) is 11.7 Å². The van der Waals surface area contributed by atoms with Crippen LogP contribution in [0.4, 0.5) is 14.6 Å². The number of halogens is 2. The number of aldehydes is 1. The molecule has 0 unspecified atom stereocenters. The molecule has 1 atom stereocenters. The summed E-state index contributed by atoms with van der Waals surface area (Å²) in [5.74, 6) is -0.196. The van der Waals surface area contributed by atoms with Crippen molar-refractivity contribution < 1.29 is 23.1 Å². The second-order valence-electron chi connectivity index (χ2n) is 9.18. The number of nitrogens with two attached hydrogens (primary N) is 1. The van der Waals surface area contributed by atoms with Gasteiger partial charge in [0.05, 0.1) is 24.3 Å². The summed E-state index contributed by atoms with van der Waals surface area (Å²) in [5, 5.41) is 8.57. The Morgan fingerprint density at radius 3 is 2.69 bits per heavy atom. The molecule has 2 fully saturated rings. The van der Waals surface area contributed by atoms with Crippen molar-refractivity contribution in [3.05, 3.63) is 29.7 Å².